The molecule has 2 aromatic carbocycles. The van der Waals surface area contributed by atoms with Crippen LogP contribution in [0.15, 0.2) is 53.4 Å². The van der Waals surface area contributed by atoms with E-state index in [9.17, 15) is 9.18 Å². The fourth-order valence-corrected chi connectivity index (χ4v) is 2.56. The lowest BCUT2D eigenvalue weighted by molar-refractivity contribution is 0.0697. The maximum atomic E-state index is 13.0. The number of hydrogen-bond donors (Lipinski definition) is 1. The molecule has 0 bridgehead atoms. The minimum Gasteiger partial charge on any atom is -0.494 e. The van der Waals surface area contributed by atoms with Gasteiger partial charge in [0.2, 0.25) is 0 Å². The summed E-state index contributed by atoms with van der Waals surface area (Å²) in [7, 11) is 0. The number of aromatic carboxylic acids is 1. The van der Waals surface area contributed by atoms with Crippen LogP contribution in [0.4, 0.5) is 4.39 Å². The Bertz CT molecular complexity index is 599. The van der Waals surface area contributed by atoms with E-state index in [0.717, 1.165) is 17.1 Å². The maximum absolute atomic E-state index is 13.0. The highest BCUT2D eigenvalue weighted by atomic mass is 32.2. The molecule has 2 rings (SSSR count). The first kappa shape index (κ1) is 15.4. The molecule has 21 heavy (non-hydrogen) atoms. The zero-order chi connectivity index (χ0) is 15.1. The molecule has 110 valence electrons. The van der Waals surface area contributed by atoms with Crippen LogP contribution in [0.3, 0.4) is 0 Å². The predicted molar refractivity (Wildman–Crippen MR) is 80.6 cm³/mol. The lowest BCUT2D eigenvalue weighted by Crippen LogP contribution is -2.00. The third kappa shape index (κ3) is 5.11. The van der Waals surface area contributed by atoms with Gasteiger partial charge in [-0.25, -0.2) is 9.18 Å². The van der Waals surface area contributed by atoms with Gasteiger partial charge in [-0.1, -0.05) is 6.07 Å². The quantitative estimate of drug-likeness (QED) is 0.618. The summed E-state index contributed by atoms with van der Waals surface area (Å²) in [4.78, 5) is 11.6. The highest BCUT2D eigenvalue weighted by Gasteiger charge is 2.02. The molecule has 0 aliphatic rings. The summed E-state index contributed by atoms with van der Waals surface area (Å²) in [6.07, 6.45) is 0.821. The van der Waals surface area contributed by atoms with E-state index in [2.05, 4.69) is 0 Å². The molecule has 0 aliphatic carbocycles. The normalized spacial score (nSPS) is 10.3. The zero-order valence-corrected chi connectivity index (χ0v) is 12.1. The first-order valence-electron chi connectivity index (χ1n) is 6.50. The minimum atomic E-state index is -0.951. The number of hydrogen-bond acceptors (Lipinski definition) is 3. The first-order valence-corrected chi connectivity index (χ1v) is 7.48. The molecule has 1 N–H and O–H groups in total. The second kappa shape index (κ2) is 7.69. The molecule has 0 atom stereocenters. The summed E-state index contributed by atoms with van der Waals surface area (Å²) in [6, 6.07) is 12.8. The van der Waals surface area contributed by atoms with Crippen molar-refractivity contribution in [2.45, 2.75) is 11.3 Å². The van der Waals surface area contributed by atoms with E-state index in [1.165, 1.54) is 24.3 Å². The second-order valence-electron chi connectivity index (χ2n) is 4.34. The van der Waals surface area contributed by atoms with Gasteiger partial charge >= 0.3 is 5.97 Å². The SMILES string of the molecule is O=C(O)c1ccc(OCCCSc2cccc(F)c2)cc1. The number of rotatable bonds is 7. The number of ether oxygens (including phenoxy) is 1. The lowest BCUT2D eigenvalue weighted by Gasteiger charge is -2.06. The Morgan fingerprint density at radius 1 is 1.19 bits per heavy atom. The van der Waals surface area contributed by atoms with Gasteiger partial charge in [-0.05, 0) is 48.9 Å². The fraction of sp³-hybridized carbons (Fsp3) is 0.188. The molecule has 5 heteroatoms. The van der Waals surface area contributed by atoms with Crippen LogP contribution in [-0.2, 0) is 0 Å². The van der Waals surface area contributed by atoms with Crippen LogP contribution in [0.25, 0.3) is 0 Å². The van der Waals surface area contributed by atoms with Gasteiger partial charge in [0.15, 0.2) is 0 Å². The number of benzene rings is 2. The Balaban J connectivity index is 1.69. The smallest absolute Gasteiger partial charge is 0.335 e. The van der Waals surface area contributed by atoms with E-state index in [1.54, 1.807) is 30.0 Å². The van der Waals surface area contributed by atoms with Crippen molar-refractivity contribution in [1.82, 2.24) is 0 Å². The van der Waals surface area contributed by atoms with Gasteiger partial charge in [0.1, 0.15) is 11.6 Å². The Morgan fingerprint density at radius 2 is 1.95 bits per heavy atom. The summed E-state index contributed by atoms with van der Waals surface area (Å²) in [5, 5.41) is 8.78. The number of thioether (sulfide) groups is 1. The molecule has 0 aliphatic heterocycles. The van der Waals surface area contributed by atoms with E-state index in [-0.39, 0.29) is 11.4 Å². The minimum absolute atomic E-state index is 0.227. The van der Waals surface area contributed by atoms with Crippen LogP contribution in [0.1, 0.15) is 16.8 Å². The summed E-state index contributed by atoms with van der Waals surface area (Å²) in [5.74, 6) is 0.301. The molecule has 3 nitrogen and oxygen atoms in total. The van der Waals surface area contributed by atoms with Crippen LogP contribution < -0.4 is 4.74 Å². The van der Waals surface area contributed by atoms with E-state index in [4.69, 9.17) is 9.84 Å². The molecule has 0 saturated heterocycles. The van der Waals surface area contributed by atoms with Gasteiger partial charge in [0, 0.05) is 10.6 Å². The monoisotopic (exact) mass is 306 g/mol. The summed E-state index contributed by atoms with van der Waals surface area (Å²) in [6.45, 7) is 0.536. The third-order valence-electron chi connectivity index (χ3n) is 2.72. The molecule has 0 radical (unpaired) electrons. The van der Waals surface area contributed by atoms with Gasteiger partial charge in [0.25, 0.3) is 0 Å². The molecule has 0 saturated carbocycles. The topological polar surface area (TPSA) is 46.5 Å². The summed E-state index contributed by atoms with van der Waals surface area (Å²) >= 11 is 1.58. The van der Waals surface area contributed by atoms with Crippen molar-refractivity contribution in [1.29, 1.82) is 0 Å². The summed E-state index contributed by atoms with van der Waals surface area (Å²) in [5.41, 5.74) is 0.240. The average molecular weight is 306 g/mol. The summed E-state index contributed by atoms with van der Waals surface area (Å²) < 4.78 is 18.5. The molecule has 0 fully saturated rings. The van der Waals surface area contributed by atoms with E-state index >= 15 is 0 Å². The van der Waals surface area contributed by atoms with Crippen LogP contribution in [0.2, 0.25) is 0 Å². The van der Waals surface area contributed by atoms with Crippen molar-refractivity contribution in [3.63, 3.8) is 0 Å². The standard InChI is InChI=1S/C16H15FO3S/c17-13-3-1-4-15(11-13)21-10-2-9-20-14-7-5-12(6-8-14)16(18)19/h1,3-8,11H,2,9-10H2,(H,18,19). The Hall–Kier alpha value is -2.01. The van der Waals surface area contributed by atoms with Gasteiger partial charge in [-0.15, -0.1) is 11.8 Å². The molecular formula is C16H15FO3S. The first-order chi connectivity index (χ1) is 10.1. The largest absolute Gasteiger partial charge is 0.494 e. The van der Waals surface area contributed by atoms with E-state index < -0.39 is 5.97 Å². The highest BCUT2D eigenvalue weighted by molar-refractivity contribution is 7.99. The molecule has 0 heterocycles. The number of carboxylic acids is 1. The number of halogens is 1. The number of carboxylic acid groups (broad SMARTS) is 1. The third-order valence-corrected chi connectivity index (χ3v) is 3.80. The van der Waals surface area contributed by atoms with Crippen molar-refractivity contribution < 1.29 is 19.0 Å². The highest BCUT2D eigenvalue weighted by Crippen LogP contribution is 2.19. The van der Waals surface area contributed by atoms with Gasteiger partial charge in [-0.3, -0.25) is 0 Å². The molecule has 0 unspecified atom stereocenters. The fourth-order valence-electron chi connectivity index (χ4n) is 1.69. The predicted octanol–water partition coefficient (Wildman–Crippen LogP) is 4.09. The second-order valence-corrected chi connectivity index (χ2v) is 5.51. The van der Waals surface area contributed by atoms with E-state index in [1.807, 2.05) is 6.07 Å². The maximum Gasteiger partial charge on any atom is 0.335 e. The Labute approximate surface area is 126 Å². The van der Waals surface area contributed by atoms with Gasteiger partial charge in [0.05, 0.1) is 12.2 Å². The van der Waals surface area contributed by atoms with E-state index in [0.29, 0.717) is 12.4 Å². The zero-order valence-electron chi connectivity index (χ0n) is 11.3. The van der Waals surface area contributed by atoms with Crippen molar-refractivity contribution in [3.05, 3.63) is 59.9 Å². The van der Waals surface area contributed by atoms with Crippen LogP contribution in [-0.4, -0.2) is 23.4 Å². The molecule has 0 amide bonds. The lowest BCUT2D eigenvalue weighted by atomic mass is 10.2. The van der Waals surface area contributed by atoms with Crippen molar-refractivity contribution in [3.8, 4) is 5.75 Å². The van der Waals surface area contributed by atoms with Gasteiger partial charge < -0.3 is 9.84 Å². The van der Waals surface area contributed by atoms with Crippen LogP contribution in [0.5, 0.6) is 5.75 Å². The van der Waals surface area contributed by atoms with Crippen LogP contribution in [0, 0.1) is 5.82 Å². The van der Waals surface area contributed by atoms with Crippen LogP contribution >= 0.6 is 11.8 Å². The molecular weight excluding hydrogens is 291 g/mol. The Kier molecular flexibility index (Phi) is 5.63. The Morgan fingerprint density at radius 3 is 2.62 bits per heavy atom. The van der Waals surface area contributed by atoms with Crippen molar-refractivity contribution >= 4 is 17.7 Å². The molecule has 0 aromatic heterocycles. The average Bonchev–Trinajstić information content (AvgIpc) is 2.47. The number of carbonyl (C=O) groups is 1. The van der Waals surface area contributed by atoms with Crippen molar-refractivity contribution in [2.75, 3.05) is 12.4 Å². The molecule has 0 spiro atoms. The van der Waals surface area contributed by atoms with Gasteiger partial charge in [-0.2, -0.15) is 0 Å². The van der Waals surface area contributed by atoms with Crippen molar-refractivity contribution in [2.24, 2.45) is 0 Å². The molecule has 2 aromatic rings.